The van der Waals surface area contributed by atoms with E-state index < -0.39 is 0 Å². The highest BCUT2D eigenvalue weighted by Crippen LogP contribution is 2.28. The van der Waals surface area contributed by atoms with Crippen molar-refractivity contribution in [1.82, 2.24) is 30.3 Å². The van der Waals surface area contributed by atoms with Crippen LogP contribution in [0.1, 0.15) is 45.5 Å². The highest BCUT2D eigenvalue weighted by Gasteiger charge is 2.28. The summed E-state index contributed by atoms with van der Waals surface area (Å²) >= 11 is 6.32. The molecule has 0 unspecified atom stereocenters. The lowest BCUT2D eigenvalue weighted by Gasteiger charge is -2.20. The molecule has 0 aliphatic carbocycles. The second-order valence-electron chi connectivity index (χ2n) is 9.33. The van der Waals surface area contributed by atoms with Gasteiger partial charge in [0, 0.05) is 37.5 Å². The van der Waals surface area contributed by atoms with Gasteiger partial charge >= 0.3 is 0 Å². The van der Waals surface area contributed by atoms with Crippen LogP contribution in [0.5, 0.6) is 0 Å². The van der Waals surface area contributed by atoms with Crippen LogP contribution in [0.25, 0.3) is 11.2 Å². The van der Waals surface area contributed by atoms with E-state index in [-0.39, 0.29) is 17.4 Å². The first-order chi connectivity index (χ1) is 14.7. The van der Waals surface area contributed by atoms with Gasteiger partial charge in [0.2, 0.25) is 11.6 Å². The largest absolute Gasteiger partial charge is 0.352 e. The number of nitrogens with zero attached hydrogens (tertiary/aromatic N) is 6. The molecule has 3 heterocycles. The van der Waals surface area contributed by atoms with Crippen LogP contribution in [-0.2, 0) is 17.8 Å². The van der Waals surface area contributed by atoms with Crippen molar-refractivity contribution in [1.29, 1.82) is 0 Å². The quantitative estimate of drug-likeness (QED) is 0.653. The molecule has 0 spiro atoms. The Balaban J connectivity index is 1.71. The molecule has 1 fully saturated rings. The second-order valence-corrected chi connectivity index (χ2v) is 9.73. The van der Waals surface area contributed by atoms with Crippen LogP contribution >= 0.6 is 11.6 Å². The molecule has 2 aromatic heterocycles. The number of nitrogens with one attached hydrogen (secondary N) is 1. The Morgan fingerprint density at radius 2 is 2.00 bits per heavy atom. The molecule has 0 bridgehead atoms. The fourth-order valence-corrected chi connectivity index (χ4v) is 4.06. The molecular weight excluding hydrogens is 414 g/mol. The fraction of sp³-hybridized carbons (Fsp3) is 0.500. The summed E-state index contributed by atoms with van der Waals surface area (Å²) in [6.45, 7) is 9.98. The van der Waals surface area contributed by atoms with Crippen molar-refractivity contribution < 1.29 is 4.79 Å². The Kier molecular flexibility index (Phi) is 5.83. The first-order valence-electron chi connectivity index (χ1n) is 10.6. The van der Waals surface area contributed by atoms with Crippen LogP contribution in [0.3, 0.4) is 0 Å². The van der Waals surface area contributed by atoms with Crippen molar-refractivity contribution >= 4 is 34.5 Å². The van der Waals surface area contributed by atoms with Gasteiger partial charge in [-0.3, -0.25) is 4.79 Å². The summed E-state index contributed by atoms with van der Waals surface area (Å²) in [7, 11) is 0. The number of hydrogen-bond acceptors (Lipinski definition) is 6. The Bertz CT molecular complexity index is 1100. The molecule has 1 amide bonds. The van der Waals surface area contributed by atoms with E-state index in [1.54, 1.807) is 11.7 Å². The average molecular weight is 442 g/mol. The summed E-state index contributed by atoms with van der Waals surface area (Å²) in [4.78, 5) is 24.9. The van der Waals surface area contributed by atoms with E-state index in [4.69, 9.17) is 26.7 Å². The summed E-state index contributed by atoms with van der Waals surface area (Å²) in [6, 6.07) is 7.78. The highest BCUT2D eigenvalue weighted by atomic mass is 35.5. The van der Waals surface area contributed by atoms with Gasteiger partial charge in [0.1, 0.15) is 5.82 Å². The van der Waals surface area contributed by atoms with Crippen LogP contribution in [0.2, 0.25) is 5.02 Å². The van der Waals surface area contributed by atoms with E-state index in [1.165, 1.54) is 0 Å². The number of halogens is 1. The molecule has 1 N–H and O–H groups in total. The number of fused-ring (bicyclic) bond motifs is 1. The van der Waals surface area contributed by atoms with E-state index in [0.29, 0.717) is 29.3 Å². The van der Waals surface area contributed by atoms with Gasteiger partial charge in [0.05, 0.1) is 6.54 Å². The van der Waals surface area contributed by atoms with Crippen LogP contribution in [0.4, 0.5) is 5.82 Å². The summed E-state index contributed by atoms with van der Waals surface area (Å²) in [5.41, 5.74) is 2.25. The minimum atomic E-state index is -0.0150. The molecule has 1 saturated heterocycles. The third-order valence-electron chi connectivity index (χ3n) is 5.17. The summed E-state index contributed by atoms with van der Waals surface area (Å²) in [5.74, 6) is 1.52. The van der Waals surface area contributed by atoms with Gasteiger partial charge in [-0.05, 0) is 23.5 Å². The minimum absolute atomic E-state index is 0.0150. The Hall–Kier alpha value is -2.74. The first-order valence-corrected chi connectivity index (χ1v) is 10.9. The lowest BCUT2D eigenvalue weighted by molar-refractivity contribution is -0.119. The summed E-state index contributed by atoms with van der Waals surface area (Å²) < 4.78 is 0. The lowest BCUT2D eigenvalue weighted by Crippen LogP contribution is -2.35. The zero-order chi connectivity index (χ0) is 22.2. The van der Waals surface area contributed by atoms with Crippen molar-refractivity contribution in [3.8, 4) is 0 Å². The van der Waals surface area contributed by atoms with Gasteiger partial charge in [0.15, 0.2) is 11.3 Å². The molecule has 9 heteroatoms. The van der Waals surface area contributed by atoms with Gasteiger partial charge < -0.3 is 10.2 Å². The molecule has 1 aliphatic rings. The number of carbonyl (C=O) groups is 1. The van der Waals surface area contributed by atoms with E-state index in [1.807, 2.05) is 24.3 Å². The van der Waals surface area contributed by atoms with E-state index in [0.717, 1.165) is 36.6 Å². The Morgan fingerprint density at radius 3 is 2.71 bits per heavy atom. The predicted octanol–water partition coefficient (Wildman–Crippen LogP) is 3.23. The van der Waals surface area contributed by atoms with E-state index in [9.17, 15) is 4.79 Å². The number of anilines is 1. The number of aromatic nitrogens is 5. The van der Waals surface area contributed by atoms with Crippen molar-refractivity contribution in [2.24, 2.45) is 5.41 Å². The predicted molar refractivity (Wildman–Crippen MR) is 121 cm³/mol. The molecule has 1 aliphatic heterocycles. The van der Waals surface area contributed by atoms with E-state index >= 15 is 0 Å². The number of benzene rings is 1. The van der Waals surface area contributed by atoms with Crippen molar-refractivity contribution in [2.75, 3.05) is 18.0 Å². The van der Waals surface area contributed by atoms with Gasteiger partial charge in [-0.25, -0.2) is 9.97 Å². The monoisotopic (exact) mass is 441 g/mol. The molecule has 8 nitrogen and oxygen atoms in total. The third kappa shape index (κ3) is 5.12. The molecule has 1 aromatic carbocycles. The van der Waals surface area contributed by atoms with Crippen LogP contribution in [-0.4, -0.2) is 50.0 Å². The van der Waals surface area contributed by atoms with Gasteiger partial charge in [0.25, 0.3) is 0 Å². The minimum Gasteiger partial charge on any atom is -0.352 e. The molecule has 4 rings (SSSR count). The van der Waals surface area contributed by atoms with Crippen molar-refractivity contribution in [3.05, 3.63) is 40.7 Å². The van der Waals surface area contributed by atoms with Gasteiger partial charge in [-0.1, -0.05) is 50.6 Å². The maximum absolute atomic E-state index is 11.5. The zero-order valence-corrected chi connectivity index (χ0v) is 19.1. The molecule has 31 heavy (non-hydrogen) atoms. The topological polar surface area (TPSA) is 88.8 Å². The summed E-state index contributed by atoms with van der Waals surface area (Å²) in [6.07, 6.45) is 1.60. The van der Waals surface area contributed by atoms with E-state index in [2.05, 4.69) is 36.1 Å². The maximum Gasteiger partial charge on any atom is 0.217 e. The molecular formula is C22H28ClN7O. The molecule has 3 aromatic rings. The first kappa shape index (κ1) is 21.5. The van der Waals surface area contributed by atoms with Gasteiger partial charge in [-0.15, -0.1) is 10.2 Å². The van der Waals surface area contributed by atoms with Crippen LogP contribution in [0.15, 0.2) is 24.3 Å². The lowest BCUT2D eigenvalue weighted by atomic mass is 9.92. The maximum atomic E-state index is 11.5. The standard InChI is InChI=1S/C22H28ClN7O/c1-14(31)24-16-9-10-29(13-16)21-19-20(25-18(26-21)11-22(2,3)4)28-30(27-19)12-15-7-5-6-8-17(15)23/h5-8,16H,9-13H2,1-4H3,(H,24,31)/t16-/m0/s1. The van der Waals surface area contributed by atoms with Crippen molar-refractivity contribution in [3.63, 3.8) is 0 Å². The van der Waals surface area contributed by atoms with Crippen molar-refractivity contribution in [2.45, 2.75) is 53.1 Å². The normalized spacial score (nSPS) is 16.8. The number of rotatable bonds is 5. The number of hydrogen-bond donors (Lipinski definition) is 1. The zero-order valence-electron chi connectivity index (χ0n) is 18.4. The third-order valence-corrected chi connectivity index (χ3v) is 5.54. The average Bonchev–Trinajstić information content (AvgIpc) is 3.27. The highest BCUT2D eigenvalue weighted by molar-refractivity contribution is 6.31. The van der Waals surface area contributed by atoms with Gasteiger partial charge in [-0.2, -0.15) is 4.80 Å². The number of amides is 1. The fourth-order valence-electron chi connectivity index (χ4n) is 3.86. The SMILES string of the molecule is CC(=O)N[C@H]1CCN(c2nc(CC(C)(C)C)nc3nn(Cc4ccccc4Cl)nc23)C1. The molecule has 1 atom stereocenters. The summed E-state index contributed by atoms with van der Waals surface area (Å²) in [5, 5.41) is 13.0. The molecule has 0 radical (unpaired) electrons. The second kappa shape index (κ2) is 8.42. The molecule has 164 valence electrons. The smallest absolute Gasteiger partial charge is 0.217 e. The number of carbonyl (C=O) groups excluding carboxylic acids is 1. The Labute approximate surface area is 187 Å². The van der Waals surface area contributed by atoms with Crippen LogP contribution in [0, 0.1) is 5.41 Å². The molecule has 0 saturated carbocycles. The van der Waals surface area contributed by atoms with Crippen LogP contribution < -0.4 is 10.2 Å². The Morgan fingerprint density at radius 1 is 1.23 bits per heavy atom.